The highest BCUT2D eigenvalue weighted by molar-refractivity contribution is 5.65. The third kappa shape index (κ3) is 6.35. The minimum Gasteiger partial charge on any atom is -0.507 e. The molecule has 0 amide bonds. The van der Waals surface area contributed by atoms with Gasteiger partial charge in [0.2, 0.25) is 5.82 Å². The van der Waals surface area contributed by atoms with Crippen LogP contribution in [0.3, 0.4) is 0 Å². The zero-order chi connectivity index (χ0) is 23.0. The molecule has 170 valence electrons. The predicted molar refractivity (Wildman–Crippen MR) is 108 cm³/mol. The van der Waals surface area contributed by atoms with Crippen LogP contribution in [0.1, 0.15) is 19.8 Å². The highest BCUT2D eigenvalue weighted by Crippen LogP contribution is 2.31. The minimum absolute atomic E-state index is 0.112. The lowest BCUT2D eigenvalue weighted by Gasteiger charge is -2.32. The standard InChI is InChI=1S/C18H23F2N5O3.CH2O2/c1-3-25-8-4-5-11(10-25)21-15-17(27)24(2)16(23-22-15)13-7-6-12(9-14(13)26)28-18(19)20;2-1-3/h6-7,9,11,18,26H,3-5,8,10H2,1-2H3,(H,21,22);1H,(H,2,3)/t11-;/m1./s1. The summed E-state index contributed by atoms with van der Waals surface area (Å²) < 4.78 is 30.1. The van der Waals surface area contributed by atoms with Crippen molar-refractivity contribution in [1.29, 1.82) is 0 Å². The first kappa shape index (κ1) is 24.0. The van der Waals surface area contributed by atoms with Crippen LogP contribution in [-0.4, -0.2) is 68.6 Å². The molecule has 1 aromatic heterocycles. The molecule has 10 nitrogen and oxygen atoms in total. The average molecular weight is 441 g/mol. The number of carbonyl (C=O) groups is 1. The molecule has 1 atom stereocenters. The summed E-state index contributed by atoms with van der Waals surface area (Å²) in [5, 5.41) is 28.2. The van der Waals surface area contributed by atoms with Gasteiger partial charge in [0, 0.05) is 25.7 Å². The van der Waals surface area contributed by atoms with Crippen molar-refractivity contribution in [1.82, 2.24) is 19.7 Å². The monoisotopic (exact) mass is 441 g/mol. The van der Waals surface area contributed by atoms with Crippen LogP contribution in [0.15, 0.2) is 23.0 Å². The number of piperidine rings is 1. The van der Waals surface area contributed by atoms with Crippen LogP contribution in [-0.2, 0) is 11.8 Å². The molecule has 0 aliphatic carbocycles. The number of aromatic nitrogens is 3. The Bertz CT molecular complexity index is 940. The molecule has 0 unspecified atom stereocenters. The SMILES string of the molecule is CCN1CCC[C@@H](Nc2nnc(-c3ccc(OC(F)F)cc3O)n(C)c2=O)C1.O=CO. The second-order valence-corrected chi connectivity index (χ2v) is 6.78. The van der Waals surface area contributed by atoms with Gasteiger partial charge >= 0.3 is 6.61 Å². The van der Waals surface area contributed by atoms with Gasteiger partial charge < -0.3 is 25.2 Å². The lowest BCUT2D eigenvalue weighted by molar-refractivity contribution is -0.122. The molecule has 2 heterocycles. The van der Waals surface area contributed by atoms with E-state index >= 15 is 0 Å². The molecule has 0 spiro atoms. The van der Waals surface area contributed by atoms with Gasteiger partial charge in [0.15, 0.2) is 5.82 Å². The lowest BCUT2D eigenvalue weighted by atomic mass is 10.1. The number of nitrogens with one attached hydrogen (secondary N) is 1. The number of phenols is 1. The predicted octanol–water partition coefficient (Wildman–Crippen LogP) is 1.75. The molecule has 0 bridgehead atoms. The first-order valence-corrected chi connectivity index (χ1v) is 9.59. The lowest BCUT2D eigenvalue weighted by Crippen LogP contribution is -2.43. The van der Waals surface area contributed by atoms with Crippen molar-refractivity contribution in [3.63, 3.8) is 0 Å². The number of phenolic OH excluding ortho intramolecular Hbond substituents is 1. The fraction of sp³-hybridized carbons (Fsp3) is 0.474. The molecule has 3 rings (SSSR count). The Morgan fingerprint density at radius 2 is 2.10 bits per heavy atom. The van der Waals surface area contributed by atoms with Crippen LogP contribution >= 0.6 is 0 Å². The fourth-order valence-electron chi connectivity index (χ4n) is 3.32. The third-order valence-electron chi connectivity index (χ3n) is 4.80. The van der Waals surface area contributed by atoms with Gasteiger partial charge in [0.05, 0.1) is 5.56 Å². The number of ether oxygens (including phenoxy) is 1. The number of hydrogen-bond donors (Lipinski definition) is 3. The largest absolute Gasteiger partial charge is 0.507 e. The van der Waals surface area contributed by atoms with E-state index in [4.69, 9.17) is 9.90 Å². The van der Waals surface area contributed by atoms with E-state index in [1.54, 1.807) is 0 Å². The molecule has 31 heavy (non-hydrogen) atoms. The Morgan fingerprint density at radius 3 is 2.71 bits per heavy atom. The number of likely N-dealkylation sites (N-methyl/N-ethyl adjacent to an activating group) is 1. The normalized spacial score (nSPS) is 16.4. The molecule has 3 N–H and O–H groups in total. The highest BCUT2D eigenvalue weighted by Gasteiger charge is 2.21. The Balaban J connectivity index is 0.00000107. The van der Waals surface area contributed by atoms with Crippen molar-refractivity contribution >= 4 is 12.3 Å². The summed E-state index contributed by atoms with van der Waals surface area (Å²) in [6, 6.07) is 3.77. The van der Waals surface area contributed by atoms with E-state index in [-0.39, 0.29) is 46.8 Å². The summed E-state index contributed by atoms with van der Waals surface area (Å²) in [5.74, 6) is -0.263. The van der Waals surface area contributed by atoms with Gasteiger partial charge in [0.1, 0.15) is 11.5 Å². The molecule has 0 saturated carbocycles. The Labute approximate surface area is 177 Å². The molecule has 12 heteroatoms. The van der Waals surface area contributed by atoms with Crippen molar-refractivity contribution in [2.45, 2.75) is 32.4 Å². The van der Waals surface area contributed by atoms with Gasteiger partial charge in [-0.3, -0.25) is 14.2 Å². The number of benzene rings is 1. The van der Waals surface area contributed by atoms with Gasteiger partial charge in [-0.2, -0.15) is 8.78 Å². The van der Waals surface area contributed by atoms with E-state index in [1.165, 1.54) is 23.7 Å². The van der Waals surface area contributed by atoms with Gasteiger partial charge in [-0.05, 0) is 38.1 Å². The summed E-state index contributed by atoms with van der Waals surface area (Å²) in [7, 11) is 1.51. The van der Waals surface area contributed by atoms with Crippen molar-refractivity contribution in [3.8, 4) is 22.9 Å². The summed E-state index contributed by atoms with van der Waals surface area (Å²) >= 11 is 0. The first-order valence-electron chi connectivity index (χ1n) is 9.59. The number of aromatic hydroxyl groups is 1. The Kier molecular flexibility index (Phi) is 8.67. The van der Waals surface area contributed by atoms with Gasteiger partial charge in [-0.15, -0.1) is 10.2 Å². The van der Waals surface area contributed by atoms with Gasteiger partial charge in [-0.25, -0.2) is 0 Å². The second-order valence-electron chi connectivity index (χ2n) is 6.78. The number of alkyl halides is 2. The van der Waals surface area contributed by atoms with Crippen LogP contribution in [0.5, 0.6) is 11.5 Å². The maximum absolute atomic E-state index is 12.7. The molecule has 1 fully saturated rings. The van der Waals surface area contributed by atoms with Crippen molar-refractivity contribution in [2.24, 2.45) is 7.05 Å². The van der Waals surface area contributed by atoms with Crippen LogP contribution in [0.25, 0.3) is 11.4 Å². The van der Waals surface area contributed by atoms with E-state index < -0.39 is 6.61 Å². The van der Waals surface area contributed by atoms with Crippen LogP contribution in [0.4, 0.5) is 14.6 Å². The second kappa shape index (κ2) is 11.2. The number of halogens is 2. The minimum atomic E-state index is -3.00. The van der Waals surface area contributed by atoms with E-state index in [1.807, 2.05) is 0 Å². The summed E-state index contributed by atoms with van der Waals surface area (Å²) in [5.41, 5.74) is -0.194. The first-order chi connectivity index (χ1) is 14.8. The molecule has 1 aliphatic heterocycles. The zero-order valence-electron chi connectivity index (χ0n) is 17.2. The Morgan fingerprint density at radius 1 is 1.39 bits per heavy atom. The van der Waals surface area contributed by atoms with Crippen LogP contribution < -0.4 is 15.6 Å². The summed E-state index contributed by atoms with van der Waals surface area (Å²) in [4.78, 5) is 23.4. The third-order valence-corrected chi connectivity index (χ3v) is 4.80. The number of carboxylic acid groups (broad SMARTS) is 1. The maximum Gasteiger partial charge on any atom is 0.387 e. The summed E-state index contributed by atoms with van der Waals surface area (Å²) in [6.07, 6.45) is 1.98. The van der Waals surface area contributed by atoms with E-state index in [0.717, 1.165) is 38.5 Å². The molecule has 1 aliphatic rings. The van der Waals surface area contributed by atoms with Crippen LogP contribution in [0.2, 0.25) is 0 Å². The number of nitrogens with zero attached hydrogens (tertiary/aromatic N) is 4. The van der Waals surface area contributed by atoms with Crippen LogP contribution in [0, 0.1) is 0 Å². The number of rotatable bonds is 6. The van der Waals surface area contributed by atoms with Crippen molar-refractivity contribution in [3.05, 3.63) is 28.6 Å². The van der Waals surface area contributed by atoms with E-state index in [2.05, 4.69) is 32.1 Å². The zero-order valence-corrected chi connectivity index (χ0v) is 17.2. The molecular weight excluding hydrogens is 416 g/mol. The van der Waals surface area contributed by atoms with Crippen molar-refractivity contribution < 1.29 is 28.5 Å². The number of hydrogen-bond acceptors (Lipinski definition) is 8. The number of likely N-dealkylation sites (tertiary alicyclic amines) is 1. The quantitative estimate of drug-likeness (QED) is 0.574. The molecule has 0 radical (unpaired) electrons. The topological polar surface area (TPSA) is 130 Å². The van der Waals surface area contributed by atoms with E-state index in [0.29, 0.717) is 0 Å². The fourth-order valence-corrected chi connectivity index (χ4v) is 3.32. The maximum atomic E-state index is 12.7. The van der Waals surface area contributed by atoms with E-state index in [9.17, 15) is 18.7 Å². The molecular formula is C19H25F2N5O5. The summed E-state index contributed by atoms with van der Waals surface area (Å²) in [6.45, 7) is 1.67. The van der Waals surface area contributed by atoms with Gasteiger partial charge in [-0.1, -0.05) is 6.92 Å². The molecule has 1 saturated heterocycles. The smallest absolute Gasteiger partial charge is 0.387 e. The van der Waals surface area contributed by atoms with Gasteiger partial charge in [0.25, 0.3) is 12.0 Å². The highest BCUT2D eigenvalue weighted by atomic mass is 19.3. The molecule has 1 aromatic carbocycles. The average Bonchev–Trinajstić information content (AvgIpc) is 2.73. The van der Waals surface area contributed by atoms with Crippen molar-refractivity contribution in [2.75, 3.05) is 25.0 Å². The molecule has 2 aromatic rings. The Hall–Kier alpha value is -3.28. The number of anilines is 1.